The second-order valence-corrected chi connectivity index (χ2v) is 6.00. The average Bonchev–Trinajstić information content (AvgIpc) is 3.04. The van der Waals surface area contributed by atoms with E-state index in [1.165, 1.54) is 0 Å². The highest BCUT2D eigenvalue weighted by molar-refractivity contribution is 6.30. The highest BCUT2D eigenvalue weighted by atomic mass is 35.5. The Balaban J connectivity index is 1.63. The molecule has 0 aliphatic carbocycles. The Bertz CT molecular complexity index is 831. The van der Waals surface area contributed by atoms with Crippen molar-refractivity contribution in [3.63, 3.8) is 0 Å². The van der Waals surface area contributed by atoms with Gasteiger partial charge in [0.25, 0.3) is 5.91 Å². The molecular weight excluding hydrogens is 338 g/mol. The van der Waals surface area contributed by atoms with Crippen molar-refractivity contribution in [2.75, 3.05) is 5.32 Å². The predicted molar refractivity (Wildman–Crippen MR) is 97.9 cm³/mol. The van der Waals surface area contributed by atoms with Crippen LogP contribution in [-0.4, -0.2) is 21.8 Å². The molecule has 2 aromatic carbocycles. The van der Waals surface area contributed by atoms with Gasteiger partial charge in [-0.15, -0.1) is 0 Å². The Labute approximate surface area is 151 Å². The van der Waals surface area contributed by atoms with Crippen LogP contribution in [0.2, 0.25) is 5.02 Å². The summed E-state index contributed by atoms with van der Waals surface area (Å²) in [5, 5.41) is 7.74. The number of aromatic nitrogens is 2. The third-order valence-corrected chi connectivity index (χ3v) is 3.89. The summed E-state index contributed by atoms with van der Waals surface area (Å²) in [4.78, 5) is 12.4. The number of hydrogen-bond acceptors (Lipinski definition) is 3. The van der Waals surface area contributed by atoms with Crippen LogP contribution in [0.5, 0.6) is 5.75 Å². The van der Waals surface area contributed by atoms with Gasteiger partial charge in [-0.05, 0) is 36.8 Å². The standard InChI is InChI=1S/C19H18ClN3O2/c1-14(25-17-9-7-16(20)8-10-17)19(24)22-18-11-12-21-23(18)13-15-5-3-2-4-6-15/h2-12,14H,13H2,1H3,(H,22,24). The van der Waals surface area contributed by atoms with Crippen LogP contribution < -0.4 is 10.1 Å². The van der Waals surface area contributed by atoms with Crippen molar-refractivity contribution < 1.29 is 9.53 Å². The number of halogens is 1. The fourth-order valence-corrected chi connectivity index (χ4v) is 2.45. The number of hydrogen-bond donors (Lipinski definition) is 1. The van der Waals surface area contributed by atoms with E-state index in [1.807, 2.05) is 30.3 Å². The Hall–Kier alpha value is -2.79. The number of nitrogens with one attached hydrogen (secondary N) is 1. The zero-order valence-corrected chi connectivity index (χ0v) is 14.5. The number of ether oxygens (including phenoxy) is 1. The van der Waals surface area contributed by atoms with Gasteiger partial charge >= 0.3 is 0 Å². The predicted octanol–water partition coefficient (Wildman–Crippen LogP) is 3.99. The molecule has 0 bridgehead atoms. The molecule has 0 saturated carbocycles. The van der Waals surface area contributed by atoms with E-state index in [4.69, 9.17) is 16.3 Å². The van der Waals surface area contributed by atoms with Gasteiger partial charge < -0.3 is 10.1 Å². The van der Waals surface area contributed by atoms with Gasteiger partial charge in [0.15, 0.2) is 6.10 Å². The Morgan fingerprint density at radius 2 is 1.88 bits per heavy atom. The molecule has 1 amide bonds. The van der Waals surface area contributed by atoms with Crippen molar-refractivity contribution >= 4 is 23.3 Å². The molecular formula is C19H18ClN3O2. The SMILES string of the molecule is CC(Oc1ccc(Cl)cc1)C(=O)Nc1ccnn1Cc1ccccc1. The number of nitrogens with zero attached hydrogens (tertiary/aromatic N) is 2. The summed E-state index contributed by atoms with van der Waals surface area (Å²) in [6.07, 6.45) is 1.00. The van der Waals surface area contributed by atoms with E-state index in [-0.39, 0.29) is 5.91 Å². The average molecular weight is 356 g/mol. The van der Waals surface area contributed by atoms with Crippen molar-refractivity contribution in [1.29, 1.82) is 0 Å². The molecule has 0 spiro atoms. The van der Waals surface area contributed by atoms with Crippen LogP contribution in [0.4, 0.5) is 5.82 Å². The summed E-state index contributed by atoms with van der Waals surface area (Å²) in [5.74, 6) is 0.968. The smallest absolute Gasteiger partial charge is 0.266 e. The van der Waals surface area contributed by atoms with Crippen molar-refractivity contribution in [1.82, 2.24) is 9.78 Å². The lowest BCUT2D eigenvalue weighted by Crippen LogP contribution is -2.31. The van der Waals surface area contributed by atoms with Gasteiger partial charge in [0.2, 0.25) is 0 Å². The first-order valence-corrected chi connectivity index (χ1v) is 8.28. The van der Waals surface area contributed by atoms with Crippen LogP contribution in [0.3, 0.4) is 0 Å². The largest absolute Gasteiger partial charge is 0.481 e. The normalized spacial score (nSPS) is 11.8. The topological polar surface area (TPSA) is 56.1 Å². The summed E-state index contributed by atoms with van der Waals surface area (Å²) in [7, 11) is 0. The maximum atomic E-state index is 12.4. The molecule has 1 unspecified atom stereocenters. The van der Waals surface area contributed by atoms with E-state index in [0.29, 0.717) is 23.1 Å². The molecule has 0 radical (unpaired) electrons. The molecule has 1 aromatic heterocycles. The summed E-state index contributed by atoms with van der Waals surface area (Å²) < 4.78 is 7.38. The van der Waals surface area contributed by atoms with Gasteiger partial charge in [-0.3, -0.25) is 4.79 Å². The van der Waals surface area contributed by atoms with Gasteiger partial charge in [0.05, 0.1) is 12.7 Å². The van der Waals surface area contributed by atoms with Gasteiger partial charge in [-0.2, -0.15) is 5.10 Å². The van der Waals surface area contributed by atoms with Crippen molar-refractivity contribution in [2.45, 2.75) is 19.6 Å². The Morgan fingerprint density at radius 1 is 1.16 bits per heavy atom. The summed E-state index contributed by atoms with van der Waals surface area (Å²) in [6.45, 7) is 2.28. The number of amides is 1. The molecule has 5 nitrogen and oxygen atoms in total. The van der Waals surface area contributed by atoms with E-state index >= 15 is 0 Å². The second kappa shape index (κ2) is 7.85. The molecule has 128 valence electrons. The zero-order chi connectivity index (χ0) is 17.6. The van der Waals surface area contributed by atoms with Gasteiger partial charge in [-0.1, -0.05) is 41.9 Å². The molecule has 1 heterocycles. The van der Waals surface area contributed by atoms with Crippen LogP contribution in [0.15, 0.2) is 66.9 Å². The second-order valence-electron chi connectivity index (χ2n) is 5.56. The van der Waals surface area contributed by atoms with Crippen LogP contribution in [0.25, 0.3) is 0 Å². The highest BCUT2D eigenvalue weighted by Gasteiger charge is 2.16. The molecule has 1 atom stereocenters. The summed E-state index contributed by atoms with van der Waals surface area (Å²) in [6, 6.07) is 18.6. The first-order valence-electron chi connectivity index (χ1n) is 7.90. The van der Waals surface area contributed by atoms with Crippen LogP contribution in [-0.2, 0) is 11.3 Å². The Morgan fingerprint density at radius 3 is 2.60 bits per heavy atom. The third-order valence-electron chi connectivity index (χ3n) is 3.64. The summed E-state index contributed by atoms with van der Waals surface area (Å²) in [5.41, 5.74) is 1.10. The van der Waals surface area contributed by atoms with Crippen molar-refractivity contribution in [3.8, 4) is 5.75 Å². The Kier molecular flexibility index (Phi) is 5.36. The molecule has 0 saturated heterocycles. The monoisotopic (exact) mass is 355 g/mol. The summed E-state index contributed by atoms with van der Waals surface area (Å²) >= 11 is 5.84. The van der Waals surface area contributed by atoms with E-state index < -0.39 is 6.10 Å². The zero-order valence-electron chi connectivity index (χ0n) is 13.7. The minimum atomic E-state index is -0.652. The lowest BCUT2D eigenvalue weighted by atomic mass is 10.2. The van der Waals surface area contributed by atoms with Crippen LogP contribution >= 0.6 is 11.6 Å². The fourth-order valence-electron chi connectivity index (χ4n) is 2.32. The molecule has 3 aromatic rings. The quantitative estimate of drug-likeness (QED) is 0.727. The van der Waals surface area contributed by atoms with Crippen LogP contribution in [0, 0.1) is 0 Å². The van der Waals surface area contributed by atoms with Gasteiger partial charge in [0.1, 0.15) is 11.6 Å². The first-order chi connectivity index (χ1) is 12.1. The van der Waals surface area contributed by atoms with Gasteiger partial charge in [-0.25, -0.2) is 4.68 Å². The van der Waals surface area contributed by atoms with Crippen LogP contribution in [0.1, 0.15) is 12.5 Å². The fraction of sp³-hybridized carbons (Fsp3) is 0.158. The number of carbonyl (C=O) groups excluding carboxylic acids is 1. The number of anilines is 1. The number of rotatable bonds is 6. The molecule has 0 aliphatic heterocycles. The van der Waals surface area contributed by atoms with Crippen molar-refractivity contribution in [2.24, 2.45) is 0 Å². The van der Waals surface area contributed by atoms with Gasteiger partial charge in [0, 0.05) is 11.1 Å². The molecule has 25 heavy (non-hydrogen) atoms. The lowest BCUT2D eigenvalue weighted by Gasteiger charge is -2.15. The minimum Gasteiger partial charge on any atom is -0.481 e. The minimum absolute atomic E-state index is 0.246. The van der Waals surface area contributed by atoms with Crippen molar-refractivity contribution in [3.05, 3.63) is 77.4 Å². The molecule has 0 aliphatic rings. The number of carbonyl (C=O) groups is 1. The maximum absolute atomic E-state index is 12.4. The van der Waals surface area contributed by atoms with E-state index in [2.05, 4.69) is 10.4 Å². The molecule has 1 N–H and O–H groups in total. The van der Waals surface area contributed by atoms with E-state index in [0.717, 1.165) is 5.56 Å². The van der Waals surface area contributed by atoms with E-state index in [1.54, 1.807) is 48.1 Å². The highest BCUT2D eigenvalue weighted by Crippen LogP contribution is 2.17. The first kappa shape index (κ1) is 17.0. The molecule has 6 heteroatoms. The number of benzene rings is 2. The molecule has 3 rings (SSSR count). The van der Waals surface area contributed by atoms with E-state index in [9.17, 15) is 4.79 Å². The lowest BCUT2D eigenvalue weighted by molar-refractivity contribution is -0.122. The molecule has 0 fully saturated rings. The maximum Gasteiger partial charge on any atom is 0.266 e. The third kappa shape index (κ3) is 4.61.